The van der Waals surface area contributed by atoms with Crippen LogP contribution in [-0.4, -0.2) is 42.1 Å². The van der Waals surface area contributed by atoms with E-state index >= 15 is 0 Å². The molecule has 1 aromatic carbocycles. The Morgan fingerprint density at radius 3 is 2.65 bits per heavy atom. The molecule has 0 spiro atoms. The third kappa shape index (κ3) is 4.41. The van der Waals surface area contributed by atoms with Crippen LogP contribution in [0.1, 0.15) is 56.9 Å². The molecule has 144 valence electrons. The van der Waals surface area contributed by atoms with Crippen LogP contribution in [0.3, 0.4) is 0 Å². The summed E-state index contributed by atoms with van der Waals surface area (Å²) in [6.45, 7) is 2.76. The first-order chi connectivity index (χ1) is 12.5. The number of hydrogen-bond acceptors (Lipinski definition) is 3. The molecule has 2 aliphatic rings. The van der Waals surface area contributed by atoms with Gasteiger partial charge < -0.3 is 15.4 Å². The molecule has 0 bridgehead atoms. The van der Waals surface area contributed by atoms with Gasteiger partial charge in [-0.1, -0.05) is 0 Å². The third-order valence-electron chi connectivity index (χ3n) is 5.81. The summed E-state index contributed by atoms with van der Waals surface area (Å²) in [5.74, 6) is -0.647. The topological polar surface area (TPSA) is 55.6 Å². The van der Waals surface area contributed by atoms with Gasteiger partial charge >= 0.3 is 0 Å². The van der Waals surface area contributed by atoms with Crippen LogP contribution in [0.25, 0.3) is 0 Å². The lowest BCUT2D eigenvalue weighted by Crippen LogP contribution is -2.56. The van der Waals surface area contributed by atoms with Gasteiger partial charge in [-0.25, -0.2) is 8.78 Å². The van der Waals surface area contributed by atoms with Crippen molar-refractivity contribution in [2.75, 3.05) is 13.2 Å². The SMILES string of the molecule is CC(=O)N1CCC[C@H](N)[C@@H]1COC1CCC(c2cc(F)ccc2F)CC1. The molecule has 1 saturated carbocycles. The molecule has 26 heavy (non-hydrogen) atoms. The third-order valence-corrected chi connectivity index (χ3v) is 5.81. The van der Waals surface area contributed by atoms with Crippen molar-refractivity contribution < 1.29 is 18.3 Å². The van der Waals surface area contributed by atoms with Gasteiger partial charge in [0.25, 0.3) is 0 Å². The Kier molecular flexibility index (Phi) is 6.24. The van der Waals surface area contributed by atoms with Crippen molar-refractivity contribution >= 4 is 5.91 Å². The largest absolute Gasteiger partial charge is 0.376 e. The average molecular weight is 366 g/mol. The molecule has 1 aliphatic carbocycles. The number of ether oxygens (including phenoxy) is 1. The van der Waals surface area contributed by atoms with E-state index in [1.807, 2.05) is 4.90 Å². The number of piperidine rings is 1. The zero-order valence-electron chi connectivity index (χ0n) is 15.3. The maximum atomic E-state index is 14.0. The molecule has 2 atom stereocenters. The number of likely N-dealkylation sites (tertiary alicyclic amines) is 1. The Morgan fingerprint density at radius 2 is 1.96 bits per heavy atom. The molecule has 1 saturated heterocycles. The lowest BCUT2D eigenvalue weighted by Gasteiger charge is -2.40. The molecular formula is C20H28F2N2O2. The van der Waals surface area contributed by atoms with Crippen LogP contribution in [0.4, 0.5) is 8.78 Å². The fourth-order valence-electron chi connectivity index (χ4n) is 4.29. The Labute approximate surface area is 153 Å². The number of rotatable bonds is 4. The van der Waals surface area contributed by atoms with Crippen molar-refractivity contribution in [2.45, 2.75) is 69.6 Å². The monoisotopic (exact) mass is 366 g/mol. The second kappa shape index (κ2) is 8.44. The van der Waals surface area contributed by atoms with Gasteiger partial charge in [0.1, 0.15) is 11.6 Å². The number of nitrogens with two attached hydrogens (primary N) is 1. The zero-order valence-corrected chi connectivity index (χ0v) is 15.3. The molecule has 1 heterocycles. The fraction of sp³-hybridized carbons (Fsp3) is 0.650. The standard InChI is InChI=1S/C20H28F2N2O2/c1-13(25)24-10-2-3-19(23)20(24)12-26-16-7-4-14(5-8-16)17-11-15(21)6-9-18(17)22/h6,9,11,14,16,19-20H,2-5,7-8,10,12,23H2,1H3/t14?,16?,19-,20-/m0/s1. The fourth-order valence-corrected chi connectivity index (χ4v) is 4.29. The summed E-state index contributed by atoms with van der Waals surface area (Å²) in [5.41, 5.74) is 6.67. The smallest absolute Gasteiger partial charge is 0.219 e. The normalized spacial score (nSPS) is 29.6. The number of carbonyl (C=O) groups excluding carboxylic acids is 1. The Bertz CT molecular complexity index is 632. The summed E-state index contributed by atoms with van der Waals surface area (Å²) in [7, 11) is 0. The van der Waals surface area contributed by atoms with Gasteiger partial charge in [0, 0.05) is 19.5 Å². The molecule has 0 unspecified atom stereocenters. The van der Waals surface area contributed by atoms with Gasteiger partial charge in [-0.3, -0.25) is 4.79 Å². The highest BCUT2D eigenvalue weighted by Gasteiger charge is 2.32. The van der Waals surface area contributed by atoms with E-state index in [0.29, 0.717) is 12.2 Å². The molecular weight excluding hydrogens is 338 g/mol. The minimum Gasteiger partial charge on any atom is -0.376 e. The van der Waals surface area contributed by atoms with E-state index in [1.54, 1.807) is 6.92 Å². The molecule has 6 heteroatoms. The van der Waals surface area contributed by atoms with Gasteiger partial charge in [0.05, 0.1) is 18.8 Å². The van der Waals surface area contributed by atoms with Crippen molar-refractivity contribution in [3.63, 3.8) is 0 Å². The number of nitrogens with zero attached hydrogens (tertiary/aromatic N) is 1. The Balaban J connectivity index is 1.52. The van der Waals surface area contributed by atoms with Gasteiger partial charge in [0.2, 0.25) is 5.91 Å². The van der Waals surface area contributed by atoms with Crippen molar-refractivity contribution in [3.05, 3.63) is 35.4 Å². The Morgan fingerprint density at radius 1 is 1.23 bits per heavy atom. The maximum absolute atomic E-state index is 14.0. The first kappa shape index (κ1) is 19.2. The first-order valence-corrected chi connectivity index (χ1v) is 9.55. The predicted molar refractivity (Wildman–Crippen MR) is 95.7 cm³/mol. The van der Waals surface area contributed by atoms with E-state index in [-0.39, 0.29) is 35.8 Å². The average Bonchev–Trinajstić information content (AvgIpc) is 2.63. The van der Waals surface area contributed by atoms with Crippen LogP contribution in [0, 0.1) is 11.6 Å². The van der Waals surface area contributed by atoms with E-state index in [9.17, 15) is 13.6 Å². The quantitative estimate of drug-likeness (QED) is 0.889. The second-order valence-corrected chi connectivity index (χ2v) is 7.56. The number of hydrogen-bond donors (Lipinski definition) is 1. The lowest BCUT2D eigenvalue weighted by molar-refractivity contribution is -0.135. The van der Waals surface area contributed by atoms with Crippen LogP contribution < -0.4 is 5.73 Å². The summed E-state index contributed by atoms with van der Waals surface area (Å²) in [4.78, 5) is 13.6. The van der Waals surface area contributed by atoms with Crippen molar-refractivity contribution in [3.8, 4) is 0 Å². The highest BCUT2D eigenvalue weighted by molar-refractivity contribution is 5.73. The van der Waals surface area contributed by atoms with Crippen LogP contribution in [0.5, 0.6) is 0 Å². The van der Waals surface area contributed by atoms with Crippen LogP contribution in [0.2, 0.25) is 0 Å². The van der Waals surface area contributed by atoms with Gasteiger partial charge in [-0.15, -0.1) is 0 Å². The van der Waals surface area contributed by atoms with Gasteiger partial charge in [0.15, 0.2) is 0 Å². The van der Waals surface area contributed by atoms with Crippen LogP contribution in [-0.2, 0) is 9.53 Å². The molecule has 1 aliphatic heterocycles. The minimum absolute atomic E-state index is 0.0382. The number of halogens is 2. The van der Waals surface area contributed by atoms with Crippen molar-refractivity contribution in [2.24, 2.45) is 5.73 Å². The maximum Gasteiger partial charge on any atom is 0.219 e. The number of amides is 1. The summed E-state index contributed by atoms with van der Waals surface area (Å²) >= 11 is 0. The summed E-state index contributed by atoms with van der Waals surface area (Å²) < 4.78 is 33.4. The van der Waals surface area contributed by atoms with E-state index in [1.165, 1.54) is 12.1 Å². The van der Waals surface area contributed by atoms with E-state index in [0.717, 1.165) is 51.1 Å². The summed E-state index contributed by atoms with van der Waals surface area (Å²) in [6.07, 6.45) is 5.10. The highest BCUT2D eigenvalue weighted by Crippen LogP contribution is 2.35. The minimum atomic E-state index is -0.393. The van der Waals surface area contributed by atoms with Gasteiger partial charge in [-0.05, 0) is 68.2 Å². The lowest BCUT2D eigenvalue weighted by atomic mass is 9.82. The molecule has 2 fully saturated rings. The van der Waals surface area contributed by atoms with Crippen molar-refractivity contribution in [1.82, 2.24) is 4.90 Å². The predicted octanol–water partition coefficient (Wildman–Crippen LogP) is 3.35. The molecule has 0 radical (unpaired) electrons. The molecule has 0 aromatic heterocycles. The number of carbonyl (C=O) groups is 1. The molecule has 1 amide bonds. The molecule has 3 rings (SSSR count). The van der Waals surface area contributed by atoms with Crippen molar-refractivity contribution in [1.29, 1.82) is 0 Å². The Hall–Kier alpha value is -1.53. The van der Waals surface area contributed by atoms with Crippen LogP contribution >= 0.6 is 0 Å². The second-order valence-electron chi connectivity index (χ2n) is 7.56. The van der Waals surface area contributed by atoms with Gasteiger partial charge in [-0.2, -0.15) is 0 Å². The zero-order chi connectivity index (χ0) is 18.7. The first-order valence-electron chi connectivity index (χ1n) is 9.55. The summed E-state index contributed by atoms with van der Waals surface area (Å²) in [5, 5.41) is 0. The molecule has 2 N–H and O–H groups in total. The van der Waals surface area contributed by atoms with E-state index in [4.69, 9.17) is 10.5 Å². The van der Waals surface area contributed by atoms with E-state index in [2.05, 4.69) is 0 Å². The van der Waals surface area contributed by atoms with Crippen LogP contribution in [0.15, 0.2) is 18.2 Å². The summed E-state index contributed by atoms with van der Waals surface area (Å²) in [6, 6.07) is 3.55. The molecule has 4 nitrogen and oxygen atoms in total. The number of benzene rings is 1. The molecule has 1 aromatic rings. The highest BCUT2D eigenvalue weighted by atomic mass is 19.1. The van der Waals surface area contributed by atoms with E-state index < -0.39 is 5.82 Å².